The molecule has 3 atom stereocenters. The molecule has 3 aromatic carbocycles. The average molecular weight is 833 g/mol. The van der Waals surface area contributed by atoms with Crippen molar-refractivity contribution >= 4 is 32.2 Å². The van der Waals surface area contributed by atoms with Crippen LogP contribution in [0.2, 0.25) is 25.7 Å². The van der Waals surface area contributed by atoms with Gasteiger partial charge >= 0.3 is 0 Å². The van der Waals surface area contributed by atoms with Gasteiger partial charge in [0.1, 0.15) is 17.2 Å². The van der Waals surface area contributed by atoms with Gasteiger partial charge in [-0.25, -0.2) is 10.5 Å². The Morgan fingerprint density at radius 2 is 1.07 bits per heavy atom. The highest BCUT2D eigenvalue weighted by molar-refractivity contribution is 7.94. The van der Waals surface area contributed by atoms with E-state index in [2.05, 4.69) is 120 Å². The Hall–Kier alpha value is -2.26. The van der Waals surface area contributed by atoms with Crippen LogP contribution in [0.1, 0.15) is 119 Å². The second-order valence-corrected chi connectivity index (χ2v) is 23.1. The van der Waals surface area contributed by atoms with Crippen LogP contribution in [0.3, 0.4) is 0 Å². The summed E-state index contributed by atoms with van der Waals surface area (Å²) in [4.78, 5) is 0. The fourth-order valence-corrected chi connectivity index (χ4v) is 9.04. The van der Waals surface area contributed by atoms with Gasteiger partial charge in [0.2, 0.25) is 0 Å². The molecule has 9 nitrogen and oxygen atoms in total. The van der Waals surface area contributed by atoms with Gasteiger partial charge in [0, 0.05) is 43.7 Å². The van der Waals surface area contributed by atoms with Crippen LogP contribution in [0.4, 0.5) is 0 Å². The first-order chi connectivity index (χ1) is 27.1. The van der Waals surface area contributed by atoms with Gasteiger partial charge in [0.25, 0.3) is 0 Å². The minimum absolute atomic E-state index is 0.371. The molecule has 0 spiro atoms. The van der Waals surface area contributed by atoms with Crippen molar-refractivity contribution in [3.63, 3.8) is 0 Å². The second kappa shape index (κ2) is 28.2. The van der Waals surface area contributed by atoms with Gasteiger partial charge in [0.15, 0.2) is 0 Å². The maximum atomic E-state index is 8.38. The highest BCUT2D eigenvalue weighted by atomic mass is 32.2. The molecule has 0 saturated carbocycles. The van der Waals surface area contributed by atoms with E-state index in [1.807, 2.05) is 12.1 Å². The van der Waals surface area contributed by atoms with Crippen LogP contribution in [0.5, 0.6) is 17.2 Å². The molecule has 3 unspecified atom stereocenters. The molecule has 0 amide bonds. The fraction of sp³-hybridized carbons (Fsp3) is 0.591. The van der Waals surface area contributed by atoms with E-state index < -0.39 is 8.07 Å². The SMILES string of the molecule is CCC(CC)CC(CC(CCCC(C)c1cccc(OCCCSOOO)c1)c1cccc(OCCC[Si](C)(C)C)c1)c1cccc(OCCCSOOO)c1. The van der Waals surface area contributed by atoms with Crippen LogP contribution >= 0.6 is 24.1 Å². The van der Waals surface area contributed by atoms with Gasteiger partial charge in [-0.15, -0.1) is 8.67 Å². The largest absolute Gasteiger partial charge is 0.494 e. The Balaban J connectivity index is 1.78. The Bertz CT molecular complexity index is 1460. The molecule has 3 rings (SSSR count). The Labute approximate surface area is 346 Å². The van der Waals surface area contributed by atoms with Gasteiger partial charge in [-0.1, -0.05) is 112 Å². The Morgan fingerprint density at radius 3 is 1.57 bits per heavy atom. The summed E-state index contributed by atoms with van der Waals surface area (Å²) in [6.45, 7) is 16.1. The number of hydrogen-bond acceptors (Lipinski definition) is 11. The maximum Gasteiger partial charge on any atom is 0.119 e. The van der Waals surface area contributed by atoms with Crippen molar-refractivity contribution in [3.05, 3.63) is 89.5 Å². The Kier molecular flexibility index (Phi) is 24.2. The van der Waals surface area contributed by atoms with Crippen molar-refractivity contribution < 1.29 is 43.5 Å². The lowest BCUT2D eigenvalue weighted by molar-refractivity contribution is -0.432. The molecule has 0 aliphatic rings. The summed E-state index contributed by atoms with van der Waals surface area (Å²) in [6.07, 6.45) is 10.4. The van der Waals surface area contributed by atoms with Crippen LogP contribution in [-0.4, -0.2) is 49.9 Å². The molecular formula is C44H68O9S2Si. The average Bonchev–Trinajstić information content (AvgIpc) is 3.20. The van der Waals surface area contributed by atoms with Crippen molar-refractivity contribution in [2.45, 2.75) is 128 Å². The highest BCUT2D eigenvalue weighted by Gasteiger charge is 2.24. The molecule has 0 fully saturated rings. The number of rotatable bonds is 32. The summed E-state index contributed by atoms with van der Waals surface area (Å²) in [5.74, 6) is 5.83. The van der Waals surface area contributed by atoms with Crippen molar-refractivity contribution in [1.29, 1.82) is 0 Å². The number of ether oxygens (including phenoxy) is 3. The minimum Gasteiger partial charge on any atom is -0.494 e. The van der Waals surface area contributed by atoms with Crippen LogP contribution in [0.15, 0.2) is 72.8 Å². The number of benzene rings is 3. The zero-order valence-corrected chi connectivity index (χ0v) is 37.3. The molecule has 0 aliphatic heterocycles. The topological polar surface area (TPSA) is 105 Å². The van der Waals surface area contributed by atoms with E-state index in [-0.39, 0.29) is 0 Å². The molecule has 0 aliphatic carbocycles. The summed E-state index contributed by atoms with van der Waals surface area (Å²) in [5.41, 5.74) is 3.98. The molecule has 3 aromatic rings. The van der Waals surface area contributed by atoms with Gasteiger partial charge in [-0.3, -0.25) is 0 Å². The highest BCUT2D eigenvalue weighted by Crippen LogP contribution is 2.40. The second-order valence-electron chi connectivity index (χ2n) is 15.9. The van der Waals surface area contributed by atoms with Crippen molar-refractivity contribution in [3.8, 4) is 17.2 Å². The number of hydrogen-bond donors (Lipinski definition) is 2. The first-order valence-corrected chi connectivity index (χ1v) is 26.1. The van der Waals surface area contributed by atoms with E-state index in [0.717, 1.165) is 112 Å². The summed E-state index contributed by atoms with van der Waals surface area (Å²) >= 11 is 2.10. The minimum atomic E-state index is -1.11. The Morgan fingerprint density at radius 1 is 0.589 bits per heavy atom. The normalized spacial score (nSPS) is 13.4. The quantitative estimate of drug-likeness (QED) is 0.0206. The molecule has 314 valence electrons. The molecule has 0 radical (unpaired) electrons. The lowest BCUT2D eigenvalue weighted by Gasteiger charge is -2.28. The third kappa shape index (κ3) is 19.9. The monoisotopic (exact) mass is 832 g/mol. The van der Waals surface area contributed by atoms with Gasteiger partial charge < -0.3 is 14.2 Å². The standard InChI is InChI=1S/C44H68O9S2Si/c1-7-36(8-2)30-41(40-20-12-23-44(34-40)48-25-14-28-55-53-51-46)31-38(39-19-11-22-43(33-39)49-26-15-29-56(4,5)6)18-9-16-35(3)37-17-10-21-42(32-37)47-24-13-27-54-52-50-45/h10-12,17,19-23,32-36,38,41,45-46H,7-9,13-16,18,24-31H2,1-6H3. The molecule has 0 aromatic heterocycles. The zero-order valence-electron chi connectivity index (χ0n) is 34.6. The van der Waals surface area contributed by atoms with E-state index in [0.29, 0.717) is 48.4 Å². The van der Waals surface area contributed by atoms with E-state index in [1.54, 1.807) is 0 Å². The third-order valence-electron chi connectivity index (χ3n) is 10.4. The van der Waals surface area contributed by atoms with Crippen molar-refractivity contribution in [2.75, 3.05) is 31.3 Å². The molecular weight excluding hydrogens is 765 g/mol. The molecule has 56 heavy (non-hydrogen) atoms. The molecule has 12 heteroatoms. The van der Waals surface area contributed by atoms with Gasteiger partial charge in [-0.05, 0) is 122 Å². The maximum absolute atomic E-state index is 8.38. The third-order valence-corrected chi connectivity index (χ3v) is 13.5. The molecule has 2 N–H and O–H groups in total. The van der Waals surface area contributed by atoms with Crippen LogP contribution < -0.4 is 14.2 Å². The summed E-state index contributed by atoms with van der Waals surface area (Å²) in [6, 6.07) is 27.3. The van der Waals surface area contributed by atoms with Crippen molar-refractivity contribution in [2.24, 2.45) is 5.92 Å². The smallest absolute Gasteiger partial charge is 0.119 e. The van der Waals surface area contributed by atoms with Crippen LogP contribution in [-0.2, 0) is 18.7 Å². The predicted octanol–water partition coefficient (Wildman–Crippen LogP) is 13.5. The summed E-state index contributed by atoms with van der Waals surface area (Å²) in [7, 11) is -1.11. The fourth-order valence-electron chi connectivity index (χ4n) is 7.14. The van der Waals surface area contributed by atoms with Crippen LogP contribution in [0, 0.1) is 5.92 Å². The van der Waals surface area contributed by atoms with Crippen LogP contribution in [0.25, 0.3) is 0 Å². The molecule has 0 saturated heterocycles. The van der Waals surface area contributed by atoms with Gasteiger partial charge in [0.05, 0.1) is 19.8 Å². The molecule has 0 bridgehead atoms. The van der Waals surface area contributed by atoms with Crippen molar-refractivity contribution in [1.82, 2.24) is 0 Å². The first kappa shape index (κ1) is 48.1. The summed E-state index contributed by atoms with van der Waals surface area (Å²) < 4.78 is 27.5. The zero-order chi connectivity index (χ0) is 40.4. The molecule has 0 heterocycles. The lowest BCUT2D eigenvalue weighted by Crippen LogP contribution is -2.20. The first-order valence-electron chi connectivity index (χ1n) is 20.5. The summed E-state index contributed by atoms with van der Waals surface area (Å²) in [5, 5.41) is 24.0. The van der Waals surface area contributed by atoms with E-state index in [1.165, 1.54) is 22.7 Å². The van der Waals surface area contributed by atoms with E-state index >= 15 is 0 Å². The van der Waals surface area contributed by atoms with E-state index in [4.69, 9.17) is 24.7 Å². The van der Waals surface area contributed by atoms with E-state index in [9.17, 15) is 0 Å². The van der Waals surface area contributed by atoms with Gasteiger partial charge in [-0.2, -0.15) is 0 Å². The lowest BCUT2D eigenvalue weighted by atomic mass is 9.77. The predicted molar refractivity (Wildman–Crippen MR) is 233 cm³/mol.